The van der Waals surface area contributed by atoms with Gasteiger partial charge in [0.1, 0.15) is 5.75 Å². The summed E-state index contributed by atoms with van der Waals surface area (Å²) in [6.07, 6.45) is 0. The van der Waals surface area contributed by atoms with E-state index in [0.29, 0.717) is 12.4 Å². The van der Waals surface area contributed by atoms with Gasteiger partial charge in [-0.2, -0.15) is 0 Å². The first-order valence-corrected chi connectivity index (χ1v) is 9.25. The fourth-order valence-electron chi connectivity index (χ4n) is 3.26. The highest BCUT2D eigenvalue weighted by atomic mass is 16.5. The monoisotopic (exact) mass is 353 g/mol. The molecule has 0 radical (unpaired) electrons. The van der Waals surface area contributed by atoms with Crippen LogP contribution in [0.25, 0.3) is 0 Å². The molecule has 1 aliphatic heterocycles. The number of carbonyl (C=O) groups is 1. The van der Waals surface area contributed by atoms with E-state index in [0.717, 1.165) is 31.9 Å². The fraction of sp³-hybridized carbons (Fsp3) is 0.381. The number of benzene rings is 2. The Hall–Kier alpha value is -2.53. The van der Waals surface area contributed by atoms with Crippen molar-refractivity contribution in [2.45, 2.75) is 19.9 Å². The Kier molecular flexibility index (Phi) is 6.12. The molecule has 0 spiro atoms. The van der Waals surface area contributed by atoms with E-state index in [4.69, 9.17) is 4.74 Å². The normalized spacial score (nSPS) is 16.2. The van der Waals surface area contributed by atoms with Crippen molar-refractivity contribution >= 4 is 17.3 Å². The lowest BCUT2D eigenvalue weighted by Gasteiger charge is -2.38. The molecular formula is C21H27N3O2. The smallest absolute Gasteiger partial charge is 0.241 e. The molecule has 0 saturated carbocycles. The molecule has 26 heavy (non-hydrogen) atoms. The van der Waals surface area contributed by atoms with Crippen LogP contribution in [0.5, 0.6) is 5.75 Å². The van der Waals surface area contributed by atoms with Gasteiger partial charge in [-0.05, 0) is 38.1 Å². The van der Waals surface area contributed by atoms with E-state index < -0.39 is 0 Å². The molecule has 0 unspecified atom stereocenters. The topological polar surface area (TPSA) is 44.8 Å². The van der Waals surface area contributed by atoms with Crippen LogP contribution in [0.3, 0.4) is 0 Å². The van der Waals surface area contributed by atoms with Crippen molar-refractivity contribution in [2.75, 3.05) is 43.0 Å². The lowest BCUT2D eigenvalue weighted by atomic mass is 10.2. The molecule has 1 amide bonds. The number of nitrogens with one attached hydrogen (secondary N) is 1. The molecule has 2 aromatic rings. The van der Waals surface area contributed by atoms with Crippen molar-refractivity contribution in [3.05, 3.63) is 54.6 Å². The minimum atomic E-state index is -0.178. The predicted octanol–water partition coefficient (Wildman–Crippen LogP) is 3.23. The molecule has 1 fully saturated rings. The van der Waals surface area contributed by atoms with E-state index in [2.05, 4.69) is 39.4 Å². The lowest BCUT2D eigenvalue weighted by molar-refractivity contribution is -0.120. The van der Waals surface area contributed by atoms with Crippen molar-refractivity contribution in [1.29, 1.82) is 0 Å². The maximum Gasteiger partial charge on any atom is 0.241 e. The summed E-state index contributed by atoms with van der Waals surface area (Å²) in [4.78, 5) is 17.3. The van der Waals surface area contributed by atoms with Gasteiger partial charge in [0.2, 0.25) is 5.91 Å². The van der Waals surface area contributed by atoms with Gasteiger partial charge in [0.25, 0.3) is 0 Å². The summed E-state index contributed by atoms with van der Waals surface area (Å²) in [7, 11) is 0. The van der Waals surface area contributed by atoms with Crippen LogP contribution in [-0.2, 0) is 4.79 Å². The second-order valence-corrected chi connectivity index (χ2v) is 6.45. The second kappa shape index (κ2) is 8.72. The molecule has 1 aliphatic rings. The van der Waals surface area contributed by atoms with Gasteiger partial charge in [0.05, 0.1) is 18.3 Å². The molecule has 2 aromatic carbocycles. The van der Waals surface area contributed by atoms with Gasteiger partial charge in [0, 0.05) is 31.9 Å². The first-order chi connectivity index (χ1) is 12.7. The van der Waals surface area contributed by atoms with Crippen molar-refractivity contribution in [2.24, 2.45) is 0 Å². The number of carbonyl (C=O) groups excluding carboxylic acids is 1. The van der Waals surface area contributed by atoms with Crippen molar-refractivity contribution in [1.82, 2.24) is 4.90 Å². The highest BCUT2D eigenvalue weighted by molar-refractivity contribution is 5.95. The number of rotatable bonds is 6. The highest BCUT2D eigenvalue weighted by Gasteiger charge is 2.26. The van der Waals surface area contributed by atoms with E-state index in [1.807, 2.05) is 44.2 Å². The standard InChI is InChI=1S/C21H27N3O2/c1-3-26-20-12-8-7-11-19(20)22-21(25)17(2)23-13-15-24(16-14-23)18-9-5-4-6-10-18/h4-12,17H,3,13-16H2,1-2H3,(H,22,25)/t17-/m1/s1. The largest absolute Gasteiger partial charge is 0.492 e. The maximum absolute atomic E-state index is 12.7. The second-order valence-electron chi connectivity index (χ2n) is 6.45. The molecule has 1 N–H and O–H groups in total. The van der Waals surface area contributed by atoms with E-state index in [9.17, 15) is 4.79 Å². The Morgan fingerprint density at radius 2 is 1.69 bits per heavy atom. The summed E-state index contributed by atoms with van der Waals surface area (Å²) in [5, 5.41) is 3.02. The van der Waals surface area contributed by atoms with Gasteiger partial charge in [-0.25, -0.2) is 0 Å². The third kappa shape index (κ3) is 4.35. The minimum absolute atomic E-state index is 0.00492. The average Bonchev–Trinajstić information content (AvgIpc) is 2.70. The number of para-hydroxylation sites is 3. The number of anilines is 2. The van der Waals surface area contributed by atoms with Crippen molar-refractivity contribution < 1.29 is 9.53 Å². The highest BCUT2D eigenvalue weighted by Crippen LogP contribution is 2.24. The summed E-state index contributed by atoms with van der Waals surface area (Å²) in [5.74, 6) is 0.717. The third-order valence-corrected chi connectivity index (χ3v) is 4.81. The van der Waals surface area contributed by atoms with E-state index >= 15 is 0 Å². The van der Waals surface area contributed by atoms with Gasteiger partial charge in [0.15, 0.2) is 0 Å². The van der Waals surface area contributed by atoms with Gasteiger partial charge < -0.3 is 15.0 Å². The van der Waals surface area contributed by atoms with Crippen LogP contribution >= 0.6 is 0 Å². The summed E-state index contributed by atoms with van der Waals surface area (Å²) in [5.41, 5.74) is 1.98. The molecule has 0 bridgehead atoms. The quantitative estimate of drug-likeness (QED) is 0.866. The SMILES string of the molecule is CCOc1ccccc1NC(=O)[C@@H](C)N1CCN(c2ccccc2)CC1. The molecule has 138 valence electrons. The van der Waals surface area contributed by atoms with Crippen LogP contribution in [0.1, 0.15) is 13.8 Å². The van der Waals surface area contributed by atoms with Crippen LogP contribution in [0.15, 0.2) is 54.6 Å². The third-order valence-electron chi connectivity index (χ3n) is 4.81. The fourth-order valence-corrected chi connectivity index (χ4v) is 3.26. The Balaban J connectivity index is 1.57. The molecular weight excluding hydrogens is 326 g/mol. The zero-order valence-electron chi connectivity index (χ0n) is 15.5. The van der Waals surface area contributed by atoms with E-state index in [1.54, 1.807) is 0 Å². The van der Waals surface area contributed by atoms with Crippen LogP contribution in [0, 0.1) is 0 Å². The van der Waals surface area contributed by atoms with Crippen LogP contribution in [0.2, 0.25) is 0 Å². The summed E-state index contributed by atoms with van der Waals surface area (Å²) < 4.78 is 5.59. The van der Waals surface area contributed by atoms with Crippen LogP contribution < -0.4 is 15.0 Å². The van der Waals surface area contributed by atoms with Gasteiger partial charge in [-0.3, -0.25) is 9.69 Å². The zero-order chi connectivity index (χ0) is 18.4. The Bertz CT molecular complexity index is 712. The number of nitrogens with zero attached hydrogens (tertiary/aromatic N) is 2. The number of ether oxygens (including phenoxy) is 1. The molecule has 5 heteroatoms. The molecule has 0 aliphatic carbocycles. The van der Waals surface area contributed by atoms with Crippen LogP contribution in [0.4, 0.5) is 11.4 Å². The van der Waals surface area contributed by atoms with Gasteiger partial charge in [-0.15, -0.1) is 0 Å². The minimum Gasteiger partial charge on any atom is -0.492 e. The number of amides is 1. The Morgan fingerprint density at radius 3 is 2.38 bits per heavy atom. The lowest BCUT2D eigenvalue weighted by Crippen LogP contribution is -2.52. The van der Waals surface area contributed by atoms with Crippen LogP contribution in [-0.4, -0.2) is 49.6 Å². The average molecular weight is 353 g/mol. The first kappa shape index (κ1) is 18.3. The van der Waals surface area contributed by atoms with E-state index in [1.165, 1.54) is 5.69 Å². The van der Waals surface area contributed by atoms with E-state index in [-0.39, 0.29) is 11.9 Å². The number of hydrogen-bond donors (Lipinski definition) is 1. The molecule has 3 rings (SSSR count). The predicted molar refractivity (Wildman–Crippen MR) is 106 cm³/mol. The van der Waals surface area contributed by atoms with Gasteiger partial charge >= 0.3 is 0 Å². The molecule has 0 aromatic heterocycles. The summed E-state index contributed by atoms with van der Waals surface area (Å²) in [6.45, 7) is 8.08. The van der Waals surface area contributed by atoms with Crippen molar-refractivity contribution in [3.63, 3.8) is 0 Å². The zero-order valence-corrected chi connectivity index (χ0v) is 15.5. The number of piperazine rings is 1. The maximum atomic E-state index is 12.7. The summed E-state index contributed by atoms with van der Waals surface area (Å²) >= 11 is 0. The molecule has 1 atom stereocenters. The molecule has 1 saturated heterocycles. The number of hydrogen-bond acceptors (Lipinski definition) is 4. The first-order valence-electron chi connectivity index (χ1n) is 9.25. The molecule has 1 heterocycles. The molecule has 5 nitrogen and oxygen atoms in total. The van der Waals surface area contributed by atoms with Crippen molar-refractivity contribution in [3.8, 4) is 5.75 Å². The Labute approximate surface area is 155 Å². The summed E-state index contributed by atoms with van der Waals surface area (Å²) in [6, 6.07) is 17.8. The Morgan fingerprint density at radius 1 is 1.04 bits per heavy atom. The van der Waals surface area contributed by atoms with Gasteiger partial charge in [-0.1, -0.05) is 30.3 Å².